The van der Waals surface area contributed by atoms with Gasteiger partial charge in [-0.1, -0.05) is 0 Å². The summed E-state index contributed by atoms with van der Waals surface area (Å²) in [7, 11) is 0. The summed E-state index contributed by atoms with van der Waals surface area (Å²) in [4.78, 5) is 4.12. The molecule has 0 aliphatic heterocycles. The van der Waals surface area contributed by atoms with Gasteiger partial charge >= 0.3 is 0 Å². The Morgan fingerprint density at radius 2 is 2.11 bits per heavy atom. The highest BCUT2D eigenvalue weighted by Crippen LogP contribution is 2.18. The SMILES string of the molecule is CSc1nc(C)oc1C. The smallest absolute Gasteiger partial charge is 0.192 e. The lowest BCUT2D eigenvalue weighted by Crippen LogP contribution is -1.70. The highest BCUT2D eigenvalue weighted by Gasteiger charge is 2.02. The average Bonchev–Trinajstić information content (AvgIpc) is 2.10. The van der Waals surface area contributed by atoms with Crippen molar-refractivity contribution in [1.29, 1.82) is 0 Å². The Morgan fingerprint density at radius 1 is 1.44 bits per heavy atom. The second kappa shape index (κ2) is 2.43. The van der Waals surface area contributed by atoms with Gasteiger partial charge in [-0.25, -0.2) is 4.98 Å². The van der Waals surface area contributed by atoms with Crippen molar-refractivity contribution in [2.75, 3.05) is 6.26 Å². The maximum absolute atomic E-state index is 5.17. The molecule has 1 aromatic rings. The van der Waals surface area contributed by atoms with Crippen LogP contribution in [0.25, 0.3) is 0 Å². The lowest BCUT2D eigenvalue weighted by atomic mass is 10.6. The van der Waals surface area contributed by atoms with E-state index in [2.05, 4.69) is 4.98 Å². The molecular formula is C6H9NOS. The first-order chi connectivity index (χ1) is 4.24. The van der Waals surface area contributed by atoms with Crippen LogP contribution < -0.4 is 0 Å². The van der Waals surface area contributed by atoms with E-state index in [1.165, 1.54) is 0 Å². The highest BCUT2D eigenvalue weighted by molar-refractivity contribution is 7.98. The standard InChI is InChI=1S/C6H9NOS/c1-4-6(9-3)7-5(2)8-4/h1-3H3. The Kier molecular flexibility index (Phi) is 1.81. The van der Waals surface area contributed by atoms with Gasteiger partial charge in [-0.2, -0.15) is 0 Å². The van der Waals surface area contributed by atoms with Gasteiger partial charge in [0, 0.05) is 6.92 Å². The lowest BCUT2D eigenvalue weighted by molar-refractivity contribution is 0.491. The number of nitrogens with zero attached hydrogens (tertiary/aromatic N) is 1. The van der Waals surface area contributed by atoms with Gasteiger partial charge in [0.05, 0.1) is 0 Å². The highest BCUT2D eigenvalue weighted by atomic mass is 32.2. The molecule has 0 radical (unpaired) electrons. The first-order valence-electron chi connectivity index (χ1n) is 2.72. The van der Waals surface area contributed by atoms with Crippen molar-refractivity contribution in [3.63, 3.8) is 0 Å². The maximum Gasteiger partial charge on any atom is 0.192 e. The van der Waals surface area contributed by atoms with E-state index in [-0.39, 0.29) is 0 Å². The molecule has 1 aromatic heterocycles. The summed E-state index contributed by atoms with van der Waals surface area (Å²) in [6.07, 6.45) is 1.99. The van der Waals surface area contributed by atoms with Crippen LogP contribution >= 0.6 is 11.8 Å². The fourth-order valence-corrected chi connectivity index (χ4v) is 1.25. The summed E-state index contributed by atoms with van der Waals surface area (Å²) in [5.74, 6) is 1.66. The fraction of sp³-hybridized carbons (Fsp3) is 0.500. The minimum absolute atomic E-state index is 0.747. The van der Waals surface area contributed by atoms with Crippen LogP contribution in [0.5, 0.6) is 0 Å². The molecule has 1 rings (SSSR count). The first kappa shape index (κ1) is 6.68. The first-order valence-corrected chi connectivity index (χ1v) is 3.94. The molecule has 2 nitrogen and oxygen atoms in total. The zero-order valence-electron chi connectivity index (χ0n) is 5.76. The van der Waals surface area contributed by atoms with Gasteiger partial charge in [0.15, 0.2) is 5.89 Å². The number of hydrogen-bond acceptors (Lipinski definition) is 3. The molecule has 0 bridgehead atoms. The summed E-state index contributed by atoms with van der Waals surface area (Å²) in [6, 6.07) is 0. The number of thioether (sulfide) groups is 1. The number of aromatic nitrogens is 1. The van der Waals surface area contributed by atoms with Crippen molar-refractivity contribution in [1.82, 2.24) is 4.98 Å². The van der Waals surface area contributed by atoms with Crippen LogP contribution in [-0.4, -0.2) is 11.2 Å². The Bertz CT molecular complexity index is 207. The van der Waals surface area contributed by atoms with E-state index < -0.39 is 0 Å². The van der Waals surface area contributed by atoms with E-state index in [9.17, 15) is 0 Å². The van der Waals surface area contributed by atoms with E-state index in [1.807, 2.05) is 20.1 Å². The zero-order valence-corrected chi connectivity index (χ0v) is 6.58. The fourth-order valence-electron chi connectivity index (χ4n) is 0.699. The predicted molar refractivity (Wildman–Crippen MR) is 37.8 cm³/mol. The normalized spacial score (nSPS) is 10.1. The summed E-state index contributed by atoms with van der Waals surface area (Å²) in [5, 5.41) is 0.993. The Labute approximate surface area is 58.7 Å². The second-order valence-electron chi connectivity index (χ2n) is 1.80. The molecule has 0 amide bonds. The summed E-state index contributed by atoms with van der Waals surface area (Å²) in [5.41, 5.74) is 0. The van der Waals surface area contributed by atoms with E-state index in [0.717, 1.165) is 16.7 Å². The molecule has 3 heteroatoms. The van der Waals surface area contributed by atoms with E-state index in [0.29, 0.717) is 0 Å². The number of oxazole rings is 1. The van der Waals surface area contributed by atoms with Crippen LogP contribution in [0.3, 0.4) is 0 Å². The third-order valence-corrected chi connectivity index (χ3v) is 1.82. The van der Waals surface area contributed by atoms with Crippen LogP contribution in [-0.2, 0) is 0 Å². The van der Waals surface area contributed by atoms with Crippen molar-refractivity contribution >= 4 is 11.8 Å². The minimum atomic E-state index is 0.747. The molecule has 50 valence electrons. The van der Waals surface area contributed by atoms with Gasteiger partial charge in [0.1, 0.15) is 10.8 Å². The molecule has 1 heterocycles. The van der Waals surface area contributed by atoms with Gasteiger partial charge in [0.25, 0.3) is 0 Å². The van der Waals surface area contributed by atoms with Crippen LogP contribution in [0.1, 0.15) is 11.7 Å². The third-order valence-electron chi connectivity index (χ3n) is 1.05. The van der Waals surface area contributed by atoms with Crippen LogP contribution in [0.4, 0.5) is 0 Å². The molecule has 0 spiro atoms. The van der Waals surface area contributed by atoms with Crippen molar-refractivity contribution in [3.8, 4) is 0 Å². The zero-order chi connectivity index (χ0) is 6.85. The lowest BCUT2D eigenvalue weighted by Gasteiger charge is -1.83. The maximum atomic E-state index is 5.17. The summed E-state index contributed by atoms with van der Waals surface area (Å²) < 4.78 is 5.17. The summed E-state index contributed by atoms with van der Waals surface area (Å²) in [6.45, 7) is 3.78. The van der Waals surface area contributed by atoms with Gasteiger partial charge in [-0.15, -0.1) is 11.8 Å². The number of hydrogen-bond donors (Lipinski definition) is 0. The van der Waals surface area contributed by atoms with E-state index in [1.54, 1.807) is 11.8 Å². The Hall–Kier alpha value is -0.440. The largest absolute Gasteiger partial charge is 0.445 e. The van der Waals surface area contributed by atoms with Gasteiger partial charge in [-0.3, -0.25) is 0 Å². The summed E-state index contributed by atoms with van der Waals surface area (Å²) >= 11 is 1.61. The van der Waals surface area contributed by atoms with Gasteiger partial charge < -0.3 is 4.42 Å². The Morgan fingerprint density at radius 3 is 2.33 bits per heavy atom. The molecule has 0 aliphatic carbocycles. The van der Waals surface area contributed by atoms with Crippen molar-refractivity contribution in [2.45, 2.75) is 18.9 Å². The second-order valence-corrected chi connectivity index (χ2v) is 2.59. The van der Waals surface area contributed by atoms with Crippen LogP contribution in [0.15, 0.2) is 9.44 Å². The van der Waals surface area contributed by atoms with Crippen molar-refractivity contribution < 1.29 is 4.42 Å². The number of rotatable bonds is 1. The molecule has 9 heavy (non-hydrogen) atoms. The van der Waals surface area contributed by atoms with E-state index in [4.69, 9.17) is 4.42 Å². The molecule has 0 saturated heterocycles. The average molecular weight is 143 g/mol. The van der Waals surface area contributed by atoms with Gasteiger partial charge in [-0.05, 0) is 13.2 Å². The van der Waals surface area contributed by atoms with Crippen molar-refractivity contribution in [3.05, 3.63) is 11.7 Å². The minimum Gasteiger partial charge on any atom is -0.445 e. The van der Waals surface area contributed by atoms with Crippen LogP contribution in [0.2, 0.25) is 0 Å². The Balaban J connectivity index is 3.01. The quantitative estimate of drug-likeness (QED) is 0.562. The molecule has 0 atom stereocenters. The number of aryl methyl sites for hydroxylation is 2. The monoisotopic (exact) mass is 143 g/mol. The van der Waals surface area contributed by atoms with Crippen molar-refractivity contribution in [2.24, 2.45) is 0 Å². The van der Waals surface area contributed by atoms with Gasteiger partial charge in [0.2, 0.25) is 0 Å². The molecule has 0 unspecified atom stereocenters. The topological polar surface area (TPSA) is 26.0 Å². The van der Waals surface area contributed by atoms with E-state index >= 15 is 0 Å². The van der Waals surface area contributed by atoms with Crippen LogP contribution in [0, 0.1) is 13.8 Å². The molecular weight excluding hydrogens is 134 g/mol. The molecule has 0 aromatic carbocycles. The third kappa shape index (κ3) is 1.27. The molecule has 0 saturated carbocycles. The molecule has 0 aliphatic rings. The molecule has 0 N–H and O–H groups in total. The predicted octanol–water partition coefficient (Wildman–Crippen LogP) is 2.01. The molecule has 0 fully saturated rings.